The van der Waals surface area contributed by atoms with Gasteiger partial charge in [-0.2, -0.15) is 0 Å². The molecule has 0 fully saturated rings. The molecule has 7 heteroatoms. The maximum absolute atomic E-state index is 12.8. The Balaban J connectivity index is 1.64. The van der Waals surface area contributed by atoms with E-state index in [1.165, 1.54) is 0 Å². The number of amides is 2. The van der Waals surface area contributed by atoms with Crippen molar-refractivity contribution in [3.05, 3.63) is 93.4 Å². The minimum atomic E-state index is -0.398. The first-order valence-corrected chi connectivity index (χ1v) is 10.4. The molecule has 0 aliphatic heterocycles. The molecule has 0 saturated carbocycles. The summed E-state index contributed by atoms with van der Waals surface area (Å²) >= 11 is 9.42. The van der Waals surface area contributed by atoms with Crippen LogP contribution in [0.5, 0.6) is 5.75 Å². The largest absolute Gasteiger partial charge is 0.482 e. The summed E-state index contributed by atoms with van der Waals surface area (Å²) in [7, 11) is 0. The van der Waals surface area contributed by atoms with Gasteiger partial charge in [-0.15, -0.1) is 0 Å². The monoisotopic (exact) mass is 486 g/mol. The zero-order chi connectivity index (χ0) is 21.5. The average molecular weight is 488 g/mol. The summed E-state index contributed by atoms with van der Waals surface area (Å²) in [5.74, 6) is -0.276. The minimum absolute atomic E-state index is 0.176. The van der Waals surface area contributed by atoms with E-state index in [1.54, 1.807) is 42.5 Å². The molecule has 0 radical (unpaired) electrons. The molecule has 1 atom stereocenters. The van der Waals surface area contributed by atoms with E-state index in [2.05, 4.69) is 26.6 Å². The second-order valence-corrected chi connectivity index (χ2v) is 7.89. The number of nitrogens with one attached hydrogen (secondary N) is 2. The molecule has 0 aliphatic carbocycles. The van der Waals surface area contributed by atoms with Crippen molar-refractivity contribution in [2.24, 2.45) is 0 Å². The van der Waals surface area contributed by atoms with E-state index in [0.29, 0.717) is 22.0 Å². The molecule has 2 amide bonds. The fourth-order valence-electron chi connectivity index (χ4n) is 2.81. The van der Waals surface area contributed by atoms with Crippen molar-refractivity contribution in [2.45, 2.75) is 13.0 Å². The lowest BCUT2D eigenvalue weighted by molar-refractivity contribution is -0.118. The van der Waals surface area contributed by atoms with Gasteiger partial charge in [0.15, 0.2) is 6.61 Å². The van der Waals surface area contributed by atoms with Gasteiger partial charge in [0.05, 0.1) is 22.3 Å². The predicted molar refractivity (Wildman–Crippen MR) is 122 cm³/mol. The van der Waals surface area contributed by atoms with Gasteiger partial charge >= 0.3 is 0 Å². The van der Waals surface area contributed by atoms with Gasteiger partial charge in [-0.25, -0.2) is 0 Å². The number of benzene rings is 3. The summed E-state index contributed by atoms with van der Waals surface area (Å²) in [5, 5.41) is 6.08. The molecule has 1 unspecified atom stereocenters. The van der Waals surface area contributed by atoms with E-state index < -0.39 is 5.91 Å². The van der Waals surface area contributed by atoms with Crippen molar-refractivity contribution in [2.75, 3.05) is 11.9 Å². The van der Waals surface area contributed by atoms with Crippen LogP contribution in [0.4, 0.5) is 5.69 Å². The Morgan fingerprint density at radius 3 is 2.47 bits per heavy atom. The maximum atomic E-state index is 12.8. The highest BCUT2D eigenvalue weighted by Gasteiger charge is 2.16. The highest BCUT2D eigenvalue weighted by atomic mass is 79.9. The van der Waals surface area contributed by atoms with Gasteiger partial charge in [-0.05, 0) is 42.8 Å². The van der Waals surface area contributed by atoms with Crippen molar-refractivity contribution < 1.29 is 14.3 Å². The van der Waals surface area contributed by atoms with Crippen molar-refractivity contribution in [1.29, 1.82) is 0 Å². The second kappa shape index (κ2) is 10.3. The Hall–Kier alpha value is -2.83. The van der Waals surface area contributed by atoms with E-state index in [9.17, 15) is 9.59 Å². The zero-order valence-electron chi connectivity index (χ0n) is 16.2. The molecule has 0 heterocycles. The molecule has 3 rings (SSSR count). The first-order valence-electron chi connectivity index (χ1n) is 9.26. The fourth-order valence-corrected chi connectivity index (χ4v) is 3.54. The lowest BCUT2D eigenvalue weighted by Gasteiger charge is -2.16. The number of ether oxygens (including phenoxy) is 1. The highest BCUT2D eigenvalue weighted by molar-refractivity contribution is 9.10. The minimum Gasteiger partial charge on any atom is -0.482 e. The van der Waals surface area contributed by atoms with E-state index in [0.717, 1.165) is 10.0 Å². The van der Waals surface area contributed by atoms with Gasteiger partial charge in [-0.3, -0.25) is 9.59 Å². The van der Waals surface area contributed by atoms with E-state index in [4.69, 9.17) is 16.3 Å². The van der Waals surface area contributed by atoms with Crippen molar-refractivity contribution in [3.8, 4) is 5.75 Å². The molecule has 3 aromatic carbocycles. The summed E-state index contributed by atoms with van der Waals surface area (Å²) in [6.07, 6.45) is 0. The zero-order valence-corrected chi connectivity index (χ0v) is 18.5. The standard InChI is InChI=1S/C23H20BrClN2O3/c1-15(16-7-3-2-4-8-16)26-23(29)18-9-5-6-10-20(18)27-22(28)14-30-21-12-11-17(24)13-19(21)25/h2-13,15H,14H2,1H3,(H,26,29)(H,27,28). The number of anilines is 1. The van der Waals surface area contributed by atoms with Gasteiger partial charge < -0.3 is 15.4 Å². The Labute approximate surface area is 188 Å². The number of halogens is 2. The van der Waals surface area contributed by atoms with Crippen LogP contribution in [0, 0.1) is 0 Å². The van der Waals surface area contributed by atoms with Crippen LogP contribution in [-0.4, -0.2) is 18.4 Å². The van der Waals surface area contributed by atoms with E-state index >= 15 is 0 Å². The molecule has 5 nitrogen and oxygen atoms in total. The first-order chi connectivity index (χ1) is 14.4. The average Bonchev–Trinajstić information content (AvgIpc) is 2.74. The summed E-state index contributed by atoms with van der Waals surface area (Å²) < 4.78 is 6.30. The van der Waals surface area contributed by atoms with Crippen LogP contribution in [0.25, 0.3) is 0 Å². The van der Waals surface area contributed by atoms with Gasteiger partial charge in [0, 0.05) is 4.47 Å². The fraction of sp³-hybridized carbons (Fsp3) is 0.130. The number of para-hydroxylation sites is 1. The third-order valence-corrected chi connectivity index (χ3v) is 5.13. The molecule has 154 valence electrons. The number of carbonyl (C=O) groups excluding carboxylic acids is 2. The van der Waals surface area contributed by atoms with Crippen molar-refractivity contribution in [3.63, 3.8) is 0 Å². The molecule has 3 aromatic rings. The maximum Gasteiger partial charge on any atom is 0.262 e. The quantitative estimate of drug-likeness (QED) is 0.455. The molecular weight excluding hydrogens is 468 g/mol. The van der Waals surface area contributed by atoms with Crippen LogP contribution in [-0.2, 0) is 4.79 Å². The molecule has 0 bridgehead atoms. The van der Waals surface area contributed by atoms with Gasteiger partial charge in [0.25, 0.3) is 11.8 Å². The van der Waals surface area contributed by atoms with Crippen LogP contribution >= 0.6 is 27.5 Å². The van der Waals surface area contributed by atoms with Crippen LogP contribution in [0.1, 0.15) is 28.9 Å². The predicted octanol–water partition coefficient (Wildman–Crippen LogP) is 5.61. The second-order valence-electron chi connectivity index (χ2n) is 6.56. The Kier molecular flexibility index (Phi) is 7.49. The topological polar surface area (TPSA) is 67.4 Å². The summed E-state index contributed by atoms with van der Waals surface area (Å²) in [4.78, 5) is 25.1. The van der Waals surface area contributed by atoms with E-state index in [-0.39, 0.29) is 18.6 Å². The molecular formula is C23H20BrClN2O3. The molecule has 0 spiro atoms. The summed E-state index contributed by atoms with van der Waals surface area (Å²) in [6.45, 7) is 1.67. The van der Waals surface area contributed by atoms with E-state index in [1.807, 2.05) is 37.3 Å². The lowest BCUT2D eigenvalue weighted by atomic mass is 10.1. The number of hydrogen-bond acceptors (Lipinski definition) is 3. The first kappa shape index (κ1) is 21.9. The van der Waals surface area contributed by atoms with Crippen LogP contribution in [0.3, 0.4) is 0 Å². The molecule has 0 aromatic heterocycles. The SMILES string of the molecule is CC(NC(=O)c1ccccc1NC(=O)COc1ccc(Br)cc1Cl)c1ccccc1. The smallest absolute Gasteiger partial charge is 0.262 e. The third-order valence-electron chi connectivity index (χ3n) is 4.35. The Morgan fingerprint density at radius 2 is 1.73 bits per heavy atom. The van der Waals surface area contributed by atoms with Gasteiger partial charge in [0.2, 0.25) is 0 Å². The normalized spacial score (nSPS) is 11.4. The van der Waals surface area contributed by atoms with Crippen LogP contribution in [0.2, 0.25) is 5.02 Å². The van der Waals surface area contributed by atoms with Crippen LogP contribution in [0.15, 0.2) is 77.3 Å². The van der Waals surface area contributed by atoms with Gasteiger partial charge in [-0.1, -0.05) is 70.0 Å². The van der Waals surface area contributed by atoms with Crippen molar-refractivity contribution in [1.82, 2.24) is 5.32 Å². The van der Waals surface area contributed by atoms with Gasteiger partial charge in [0.1, 0.15) is 5.75 Å². The number of rotatable bonds is 7. The summed E-state index contributed by atoms with van der Waals surface area (Å²) in [6, 6.07) is 21.4. The Bertz CT molecular complexity index is 1040. The number of carbonyl (C=O) groups is 2. The molecule has 2 N–H and O–H groups in total. The highest BCUT2D eigenvalue weighted by Crippen LogP contribution is 2.27. The lowest BCUT2D eigenvalue weighted by Crippen LogP contribution is -2.28. The van der Waals surface area contributed by atoms with Crippen LogP contribution < -0.4 is 15.4 Å². The summed E-state index contributed by atoms with van der Waals surface area (Å²) in [5.41, 5.74) is 1.77. The third kappa shape index (κ3) is 5.84. The Morgan fingerprint density at radius 1 is 1.03 bits per heavy atom. The number of hydrogen-bond donors (Lipinski definition) is 2. The molecule has 0 saturated heterocycles. The molecule has 30 heavy (non-hydrogen) atoms. The molecule has 0 aliphatic rings. The van der Waals surface area contributed by atoms with Crippen molar-refractivity contribution >= 4 is 45.0 Å².